The second-order valence-electron chi connectivity index (χ2n) is 8.17. The Morgan fingerprint density at radius 3 is 2.53 bits per heavy atom. The first-order chi connectivity index (χ1) is 16.4. The fourth-order valence-corrected chi connectivity index (χ4v) is 3.72. The van der Waals surface area contributed by atoms with Crippen LogP contribution in [-0.2, 0) is 5.41 Å². The minimum absolute atomic E-state index is 0.0532. The van der Waals surface area contributed by atoms with Crippen LogP contribution in [0.25, 0.3) is 33.3 Å². The van der Waals surface area contributed by atoms with Crippen molar-refractivity contribution in [3.63, 3.8) is 0 Å². The van der Waals surface area contributed by atoms with Crippen LogP contribution < -0.4 is 0 Å². The molecule has 0 radical (unpaired) electrons. The molecule has 0 aliphatic heterocycles. The van der Waals surface area contributed by atoms with Gasteiger partial charge in [0.15, 0.2) is 11.3 Å². The van der Waals surface area contributed by atoms with Gasteiger partial charge in [0.1, 0.15) is 35.8 Å². The van der Waals surface area contributed by atoms with Crippen LogP contribution in [0.5, 0.6) is 0 Å². The molecular formula is C24H18N10. The maximum Gasteiger partial charge on any atom is 0.266 e. The van der Waals surface area contributed by atoms with Crippen molar-refractivity contribution in [3.8, 4) is 23.4 Å². The Morgan fingerprint density at radius 2 is 1.79 bits per heavy atom. The van der Waals surface area contributed by atoms with Crippen LogP contribution in [0.3, 0.4) is 0 Å². The maximum absolute atomic E-state index is 9.21. The molecule has 0 saturated heterocycles. The van der Waals surface area contributed by atoms with Crippen molar-refractivity contribution in [2.75, 3.05) is 0 Å². The Hall–Kier alpha value is -4.96. The van der Waals surface area contributed by atoms with Crippen molar-refractivity contribution in [1.82, 2.24) is 39.5 Å². The Morgan fingerprint density at radius 1 is 1.03 bits per heavy atom. The van der Waals surface area contributed by atoms with Crippen LogP contribution in [0.4, 0.5) is 5.82 Å². The molecule has 34 heavy (non-hydrogen) atoms. The fraction of sp³-hybridized carbons (Fsp3) is 0.167. The molecule has 0 aliphatic rings. The van der Waals surface area contributed by atoms with Crippen molar-refractivity contribution in [3.05, 3.63) is 83.2 Å². The molecule has 0 bridgehead atoms. The molecule has 164 valence electrons. The number of hydrogen-bond donors (Lipinski definition) is 1. The van der Waals surface area contributed by atoms with Gasteiger partial charge >= 0.3 is 0 Å². The van der Waals surface area contributed by atoms with Crippen LogP contribution in [0.2, 0.25) is 0 Å². The van der Waals surface area contributed by atoms with E-state index in [1.807, 2.05) is 61.7 Å². The van der Waals surface area contributed by atoms with E-state index in [4.69, 9.17) is 16.5 Å². The van der Waals surface area contributed by atoms with Crippen LogP contribution in [0.1, 0.15) is 36.6 Å². The van der Waals surface area contributed by atoms with E-state index in [9.17, 15) is 5.26 Å². The molecule has 5 aromatic heterocycles. The summed E-state index contributed by atoms with van der Waals surface area (Å²) >= 11 is 0. The number of aromatic amines is 1. The number of fused-ring (bicyclic) bond motifs is 1. The van der Waals surface area contributed by atoms with Gasteiger partial charge in [-0.25, -0.2) is 29.9 Å². The topological polar surface area (TPSA) is 126 Å². The van der Waals surface area contributed by atoms with Crippen molar-refractivity contribution >= 4 is 17.0 Å². The number of aryl methyl sites for hydroxylation is 1. The number of imidazole rings is 2. The van der Waals surface area contributed by atoms with Gasteiger partial charge in [-0.1, -0.05) is 18.7 Å². The number of nitrogens with one attached hydrogen (secondary N) is 1. The zero-order chi connectivity index (χ0) is 23.9. The van der Waals surface area contributed by atoms with Crippen LogP contribution >= 0.6 is 0 Å². The minimum atomic E-state index is -0.555. The zero-order valence-corrected chi connectivity index (χ0v) is 18.6. The normalized spacial score (nSPS) is 11.3. The molecule has 0 amide bonds. The summed E-state index contributed by atoms with van der Waals surface area (Å²) in [5.41, 5.74) is 3.84. The van der Waals surface area contributed by atoms with Crippen molar-refractivity contribution in [2.24, 2.45) is 0 Å². The SMILES string of the molecule is [C-]#[N+]c1[nH]c(-c2cccc(C(C)(C)c3cccc(-n4cnc5c(C)ncnc54)n3)n2)nc1C#N. The Labute approximate surface area is 194 Å². The van der Waals surface area contributed by atoms with E-state index >= 15 is 0 Å². The summed E-state index contributed by atoms with van der Waals surface area (Å²) in [7, 11) is 0. The van der Waals surface area contributed by atoms with Gasteiger partial charge in [0.05, 0.1) is 17.1 Å². The van der Waals surface area contributed by atoms with Crippen molar-refractivity contribution < 1.29 is 0 Å². The third-order valence-corrected chi connectivity index (χ3v) is 5.67. The number of nitrogens with zero attached hydrogens (tertiary/aromatic N) is 9. The van der Waals surface area contributed by atoms with Crippen LogP contribution in [0, 0.1) is 24.8 Å². The summed E-state index contributed by atoms with van der Waals surface area (Å²) in [5.74, 6) is 1.17. The molecule has 5 heterocycles. The molecule has 5 aromatic rings. The Bertz CT molecular complexity index is 1600. The third-order valence-electron chi connectivity index (χ3n) is 5.67. The molecule has 0 atom stereocenters. The third kappa shape index (κ3) is 3.34. The molecule has 0 aliphatic carbocycles. The highest BCUT2D eigenvalue weighted by Crippen LogP contribution is 2.31. The maximum atomic E-state index is 9.21. The summed E-state index contributed by atoms with van der Waals surface area (Å²) in [5, 5.41) is 9.21. The van der Waals surface area contributed by atoms with Crippen molar-refractivity contribution in [2.45, 2.75) is 26.2 Å². The standard InChI is InChI=1S/C24H18N10/c1-14-20-23(28-12-27-14)34(13-29-20)19-10-6-9-18(32-19)24(2,3)17-8-5-7-15(30-17)22-31-16(11-25)21(26-4)33-22/h5-10,12-13H,1-3H3,(H,31,33). The molecule has 0 unspecified atom stereocenters. The minimum Gasteiger partial charge on any atom is -0.361 e. The van der Waals surface area contributed by atoms with Gasteiger partial charge < -0.3 is 4.85 Å². The van der Waals surface area contributed by atoms with E-state index in [-0.39, 0.29) is 11.5 Å². The highest BCUT2D eigenvalue weighted by Gasteiger charge is 2.28. The molecule has 0 saturated carbocycles. The van der Waals surface area contributed by atoms with Gasteiger partial charge in [-0.2, -0.15) is 5.26 Å². The van der Waals surface area contributed by atoms with Crippen LogP contribution in [-0.4, -0.2) is 39.5 Å². The average molecular weight is 446 g/mol. The fourth-order valence-electron chi connectivity index (χ4n) is 3.72. The van der Waals surface area contributed by atoms with Gasteiger partial charge in [-0.3, -0.25) is 9.55 Å². The number of hydrogen-bond acceptors (Lipinski definition) is 7. The monoisotopic (exact) mass is 446 g/mol. The molecule has 0 aromatic carbocycles. The first-order valence-corrected chi connectivity index (χ1v) is 10.4. The number of H-pyrrole nitrogens is 1. The second-order valence-corrected chi connectivity index (χ2v) is 8.17. The quantitative estimate of drug-likeness (QED) is 0.413. The first-order valence-electron chi connectivity index (χ1n) is 10.4. The van der Waals surface area contributed by atoms with E-state index in [0.717, 1.165) is 22.6 Å². The molecular weight excluding hydrogens is 428 g/mol. The summed E-state index contributed by atoms with van der Waals surface area (Å²) < 4.78 is 1.84. The summed E-state index contributed by atoms with van der Waals surface area (Å²) in [6, 6.07) is 13.3. The van der Waals surface area contributed by atoms with E-state index in [1.165, 1.54) is 6.33 Å². The van der Waals surface area contributed by atoms with Gasteiger partial charge in [0.2, 0.25) is 5.82 Å². The number of nitriles is 1. The Balaban J connectivity index is 1.56. The average Bonchev–Trinajstić information content (AvgIpc) is 3.49. The summed E-state index contributed by atoms with van der Waals surface area (Å²) in [4.78, 5) is 33.1. The lowest BCUT2D eigenvalue weighted by Gasteiger charge is -2.24. The number of pyridine rings is 2. The number of aromatic nitrogens is 8. The summed E-state index contributed by atoms with van der Waals surface area (Å²) in [6.07, 6.45) is 3.22. The van der Waals surface area contributed by atoms with Gasteiger partial charge in [-0.15, -0.1) is 0 Å². The number of rotatable bonds is 4. The summed E-state index contributed by atoms with van der Waals surface area (Å²) in [6.45, 7) is 13.2. The smallest absolute Gasteiger partial charge is 0.266 e. The van der Waals surface area contributed by atoms with Crippen LogP contribution in [0.15, 0.2) is 49.1 Å². The predicted molar refractivity (Wildman–Crippen MR) is 124 cm³/mol. The highest BCUT2D eigenvalue weighted by molar-refractivity contribution is 5.74. The molecule has 0 spiro atoms. The second kappa shape index (κ2) is 7.87. The predicted octanol–water partition coefficient (Wildman–Crippen LogP) is 4.05. The zero-order valence-electron chi connectivity index (χ0n) is 18.6. The largest absolute Gasteiger partial charge is 0.361 e. The van der Waals surface area contributed by atoms with Gasteiger partial charge in [-0.05, 0) is 45.0 Å². The molecule has 0 fully saturated rings. The van der Waals surface area contributed by atoms with Gasteiger partial charge in [0.25, 0.3) is 5.82 Å². The molecule has 10 nitrogen and oxygen atoms in total. The first kappa shape index (κ1) is 20.9. The van der Waals surface area contributed by atoms with E-state index in [0.29, 0.717) is 23.0 Å². The Kier molecular flexibility index (Phi) is 4.84. The van der Waals surface area contributed by atoms with E-state index < -0.39 is 5.41 Å². The molecule has 10 heteroatoms. The van der Waals surface area contributed by atoms with Crippen molar-refractivity contribution in [1.29, 1.82) is 5.26 Å². The lowest BCUT2D eigenvalue weighted by Crippen LogP contribution is -2.23. The van der Waals surface area contributed by atoms with Gasteiger partial charge in [0, 0.05) is 5.41 Å². The lowest BCUT2D eigenvalue weighted by molar-refractivity contribution is 0.594. The molecule has 1 N–H and O–H groups in total. The van der Waals surface area contributed by atoms with E-state index in [1.54, 1.807) is 12.4 Å². The molecule has 5 rings (SSSR count). The highest BCUT2D eigenvalue weighted by atomic mass is 15.2. The van der Waals surface area contributed by atoms with E-state index in [2.05, 4.69) is 29.8 Å². The lowest BCUT2D eigenvalue weighted by atomic mass is 9.84.